The van der Waals surface area contributed by atoms with E-state index in [0.717, 1.165) is 12.3 Å². The van der Waals surface area contributed by atoms with Gasteiger partial charge in [0, 0.05) is 17.5 Å². The smallest absolute Gasteiger partial charge is 0.322 e. The largest absolute Gasteiger partial charge is 0.417 e. The average molecular weight is 447 g/mol. The van der Waals surface area contributed by atoms with Crippen molar-refractivity contribution in [2.75, 3.05) is 11.6 Å². The zero-order valence-corrected chi connectivity index (χ0v) is 17.9. The number of aryl methyl sites for hydroxylation is 2. The van der Waals surface area contributed by atoms with Gasteiger partial charge >= 0.3 is 6.18 Å². The van der Waals surface area contributed by atoms with Gasteiger partial charge < -0.3 is 5.32 Å². The number of nitrogens with one attached hydrogen (secondary N) is 1. The molecule has 0 aromatic heterocycles. The summed E-state index contributed by atoms with van der Waals surface area (Å²) in [5.74, 6) is -0.456. The van der Waals surface area contributed by atoms with E-state index in [4.69, 9.17) is 0 Å². The van der Waals surface area contributed by atoms with Gasteiger partial charge in [0.1, 0.15) is 0 Å². The summed E-state index contributed by atoms with van der Waals surface area (Å²) < 4.78 is 63.4. The lowest BCUT2D eigenvalue weighted by molar-refractivity contribution is -0.137. The molecule has 1 amide bonds. The van der Waals surface area contributed by atoms with Crippen molar-refractivity contribution in [2.45, 2.75) is 24.9 Å². The van der Waals surface area contributed by atoms with Crippen molar-refractivity contribution in [2.24, 2.45) is 0 Å². The van der Waals surface area contributed by atoms with Crippen molar-refractivity contribution in [1.82, 2.24) is 0 Å². The number of alkyl halides is 3. The van der Waals surface area contributed by atoms with Gasteiger partial charge in [0.15, 0.2) is 9.84 Å². The Morgan fingerprint density at radius 2 is 1.45 bits per heavy atom. The third-order valence-corrected chi connectivity index (χ3v) is 5.97. The van der Waals surface area contributed by atoms with Gasteiger partial charge in [0.2, 0.25) is 0 Å². The van der Waals surface area contributed by atoms with Gasteiger partial charge in [-0.3, -0.25) is 4.79 Å². The number of carbonyl (C=O) groups is 1. The number of hydrogen-bond donors (Lipinski definition) is 1. The number of carbonyl (C=O) groups excluding carboxylic acids is 1. The summed E-state index contributed by atoms with van der Waals surface area (Å²) in [6.45, 7) is 3.37. The lowest BCUT2D eigenvalue weighted by atomic mass is 9.91. The second kappa shape index (κ2) is 8.19. The summed E-state index contributed by atoms with van der Waals surface area (Å²) >= 11 is 0. The highest BCUT2D eigenvalue weighted by Crippen LogP contribution is 2.40. The van der Waals surface area contributed by atoms with E-state index in [1.54, 1.807) is 32.0 Å². The van der Waals surface area contributed by atoms with E-state index in [2.05, 4.69) is 5.32 Å². The molecule has 0 aliphatic carbocycles. The summed E-state index contributed by atoms with van der Waals surface area (Å²) in [5, 5.41) is 2.71. The van der Waals surface area contributed by atoms with Crippen LogP contribution in [0.2, 0.25) is 0 Å². The Bertz CT molecular complexity index is 1220. The van der Waals surface area contributed by atoms with Crippen LogP contribution in [-0.2, 0) is 16.0 Å². The molecule has 0 spiro atoms. The van der Waals surface area contributed by atoms with Crippen molar-refractivity contribution in [3.05, 3.63) is 82.9 Å². The monoisotopic (exact) mass is 447 g/mol. The molecule has 0 saturated carbocycles. The van der Waals surface area contributed by atoms with Crippen molar-refractivity contribution in [1.29, 1.82) is 0 Å². The van der Waals surface area contributed by atoms with Crippen molar-refractivity contribution in [3.63, 3.8) is 0 Å². The van der Waals surface area contributed by atoms with Crippen LogP contribution in [0.4, 0.5) is 18.9 Å². The van der Waals surface area contributed by atoms with Gasteiger partial charge in [0.05, 0.1) is 10.5 Å². The quantitative estimate of drug-likeness (QED) is 0.563. The summed E-state index contributed by atoms with van der Waals surface area (Å²) in [6.07, 6.45) is -3.41. The summed E-state index contributed by atoms with van der Waals surface area (Å²) in [6, 6.07) is 14.1. The lowest BCUT2D eigenvalue weighted by Crippen LogP contribution is -2.13. The van der Waals surface area contributed by atoms with Crippen LogP contribution in [-0.4, -0.2) is 20.6 Å². The summed E-state index contributed by atoms with van der Waals surface area (Å²) in [4.78, 5) is 12.6. The maximum Gasteiger partial charge on any atom is 0.417 e. The highest BCUT2D eigenvalue weighted by atomic mass is 32.2. The second-order valence-corrected chi connectivity index (χ2v) is 9.29. The highest BCUT2D eigenvalue weighted by molar-refractivity contribution is 7.90. The molecule has 3 aromatic carbocycles. The average Bonchev–Trinajstić information content (AvgIpc) is 2.66. The third-order valence-electron chi connectivity index (χ3n) is 4.84. The van der Waals surface area contributed by atoms with E-state index < -0.39 is 27.5 Å². The molecule has 1 N–H and O–H groups in total. The number of benzene rings is 3. The van der Waals surface area contributed by atoms with Gasteiger partial charge in [-0.05, 0) is 78.6 Å². The molecule has 8 heteroatoms. The first-order chi connectivity index (χ1) is 14.4. The maximum absolute atomic E-state index is 13.4. The fraction of sp³-hybridized carbons (Fsp3) is 0.174. The van der Waals surface area contributed by atoms with E-state index >= 15 is 0 Å². The standard InChI is InChI=1S/C23H20F3NO3S/c1-14-12-17(27-22(28)16-8-10-18(11-9-16)31(3,29)30)13-15(2)21(14)19-6-4-5-7-20(19)23(24,25)26/h4-13H,1-3H3,(H,27,28). The molecule has 0 aliphatic heterocycles. The van der Waals surface area contributed by atoms with Crippen LogP contribution in [0.15, 0.2) is 65.6 Å². The van der Waals surface area contributed by atoms with E-state index in [1.807, 2.05) is 0 Å². The Balaban J connectivity index is 1.92. The highest BCUT2D eigenvalue weighted by Gasteiger charge is 2.34. The Morgan fingerprint density at radius 1 is 0.903 bits per heavy atom. The molecule has 0 heterocycles. The first kappa shape index (κ1) is 22.6. The van der Waals surface area contributed by atoms with Crippen molar-refractivity contribution < 1.29 is 26.4 Å². The predicted octanol–water partition coefficient (Wildman–Crippen LogP) is 5.65. The molecular formula is C23H20F3NO3S. The van der Waals surface area contributed by atoms with Gasteiger partial charge in [-0.15, -0.1) is 0 Å². The van der Waals surface area contributed by atoms with E-state index in [9.17, 15) is 26.4 Å². The van der Waals surface area contributed by atoms with Crippen molar-refractivity contribution in [3.8, 4) is 11.1 Å². The van der Waals surface area contributed by atoms with E-state index in [0.29, 0.717) is 22.4 Å². The molecule has 0 atom stereocenters. The number of amides is 1. The second-order valence-electron chi connectivity index (χ2n) is 7.28. The number of sulfone groups is 1. The fourth-order valence-electron chi connectivity index (χ4n) is 3.47. The molecule has 0 bridgehead atoms. The fourth-order valence-corrected chi connectivity index (χ4v) is 4.10. The zero-order valence-electron chi connectivity index (χ0n) is 17.0. The number of halogens is 3. The molecule has 3 aromatic rings. The predicted molar refractivity (Wildman–Crippen MR) is 114 cm³/mol. The molecule has 0 aliphatic rings. The Hall–Kier alpha value is -3.13. The van der Waals surface area contributed by atoms with E-state index in [1.165, 1.54) is 36.4 Å². The van der Waals surface area contributed by atoms with Crippen LogP contribution in [0.5, 0.6) is 0 Å². The molecular weight excluding hydrogens is 427 g/mol. The van der Waals surface area contributed by atoms with Crippen LogP contribution in [0, 0.1) is 13.8 Å². The molecule has 3 rings (SSSR count). The summed E-state index contributed by atoms with van der Waals surface area (Å²) in [5.41, 5.74) is 1.68. The molecule has 162 valence electrons. The van der Waals surface area contributed by atoms with Gasteiger partial charge in [-0.1, -0.05) is 18.2 Å². The van der Waals surface area contributed by atoms with Crippen LogP contribution >= 0.6 is 0 Å². The van der Waals surface area contributed by atoms with Gasteiger partial charge in [-0.2, -0.15) is 13.2 Å². The van der Waals surface area contributed by atoms with Crippen LogP contribution < -0.4 is 5.32 Å². The summed E-state index contributed by atoms with van der Waals surface area (Å²) in [7, 11) is -3.37. The molecule has 31 heavy (non-hydrogen) atoms. The first-order valence-corrected chi connectivity index (χ1v) is 11.2. The molecule has 0 radical (unpaired) electrons. The Morgan fingerprint density at radius 3 is 1.97 bits per heavy atom. The number of rotatable bonds is 4. The van der Waals surface area contributed by atoms with Crippen LogP contribution in [0.3, 0.4) is 0 Å². The molecule has 0 saturated heterocycles. The Labute approximate surface area is 178 Å². The van der Waals surface area contributed by atoms with Gasteiger partial charge in [0.25, 0.3) is 5.91 Å². The zero-order chi connectivity index (χ0) is 23.0. The number of anilines is 1. The van der Waals surface area contributed by atoms with Crippen LogP contribution in [0.25, 0.3) is 11.1 Å². The first-order valence-electron chi connectivity index (χ1n) is 9.27. The minimum atomic E-state index is -4.49. The van der Waals surface area contributed by atoms with E-state index in [-0.39, 0.29) is 16.0 Å². The lowest BCUT2D eigenvalue weighted by Gasteiger charge is -2.18. The Kier molecular flexibility index (Phi) is 5.96. The minimum Gasteiger partial charge on any atom is -0.322 e. The molecule has 0 unspecified atom stereocenters. The van der Waals surface area contributed by atoms with Gasteiger partial charge in [-0.25, -0.2) is 8.42 Å². The van der Waals surface area contributed by atoms with Crippen LogP contribution in [0.1, 0.15) is 27.0 Å². The third kappa shape index (κ3) is 4.96. The topological polar surface area (TPSA) is 63.2 Å². The maximum atomic E-state index is 13.4. The minimum absolute atomic E-state index is 0.0826. The molecule has 0 fully saturated rings. The SMILES string of the molecule is Cc1cc(NC(=O)c2ccc(S(C)(=O)=O)cc2)cc(C)c1-c1ccccc1C(F)(F)F. The molecule has 4 nitrogen and oxygen atoms in total. The van der Waals surface area contributed by atoms with Crippen molar-refractivity contribution >= 4 is 21.4 Å². The number of hydrogen-bond acceptors (Lipinski definition) is 3. The normalized spacial score (nSPS) is 11.9.